The van der Waals surface area contributed by atoms with Gasteiger partial charge in [0.05, 0.1) is 11.4 Å². The molecule has 0 radical (unpaired) electrons. The monoisotopic (exact) mass is 235 g/mol. The van der Waals surface area contributed by atoms with Crippen molar-refractivity contribution in [3.05, 3.63) is 72.8 Å². The van der Waals surface area contributed by atoms with Gasteiger partial charge in [0.2, 0.25) is 0 Å². The molecule has 0 aliphatic carbocycles. The highest BCUT2D eigenvalue weighted by Gasteiger charge is 2.05. The molecule has 0 saturated heterocycles. The van der Waals surface area contributed by atoms with Gasteiger partial charge in [-0.2, -0.15) is 0 Å². The Kier molecular flexibility index (Phi) is 2.71. The molecule has 3 aromatic carbocycles. The van der Waals surface area contributed by atoms with E-state index in [-0.39, 0.29) is 0 Å². The van der Waals surface area contributed by atoms with Crippen molar-refractivity contribution in [2.24, 2.45) is 0 Å². The fraction of sp³-hybridized carbons (Fsp3) is 0. The molecular weight excluding hydrogens is 222 g/mol. The average Bonchev–Trinajstić information content (AvgIpc) is 2.47. The second-order valence-corrected chi connectivity index (χ2v) is 4.18. The highest BCUT2D eigenvalue weighted by molar-refractivity contribution is 5.86. The second kappa shape index (κ2) is 4.51. The Morgan fingerprint density at radius 1 is 0.611 bits per heavy atom. The predicted octanol–water partition coefficient (Wildman–Crippen LogP) is 4.37. The minimum absolute atomic E-state index is 0.757. The number of nitrogens with zero attached hydrogens (tertiary/aromatic N) is 1. The van der Waals surface area contributed by atoms with Gasteiger partial charge in [0, 0.05) is 0 Å². The first-order valence-electron chi connectivity index (χ1n) is 5.87. The van der Waals surface area contributed by atoms with Crippen LogP contribution in [0.4, 0.5) is 11.4 Å². The van der Waals surface area contributed by atoms with Crippen LogP contribution in [-0.2, 0) is 0 Å². The Hall–Kier alpha value is -2.32. The summed E-state index contributed by atoms with van der Waals surface area (Å²) < 4.78 is 0. The van der Waals surface area contributed by atoms with E-state index in [1.165, 1.54) is 10.4 Å². The zero-order valence-electron chi connectivity index (χ0n) is 9.82. The van der Waals surface area contributed by atoms with Gasteiger partial charge in [0.15, 0.2) is 0 Å². The molecule has 0 fully saturated rings. The summed E-state index contributed by atoms with van der Waals surface area (Å²) in [6.07, 6.45) is 0. The zero-order chi connectivity index (χ0) is 12.4. The molecule has 0 aromatic heterocycles. The van der Waals surface area contributed by atoms with Crippen LogP contribution in [0.5, 0.6) is 0 Å². The molecule has 3 rings (SSSR count). The quantitative estimate of drug-likeness (QED) is 0.667. The van der Waals surface area contributed by atoms with E-state index in [4.69, 9.17) is 0 Å². The Labute approximate surface area is 106 Å². The van der Waals surface area contributed by atoms with Crippen LogP contribution in [-0.4, -0.2) is 5.21 Å². The molecule has 0 aliphatic rings. The van der Waals surface area contributed by atoms with E-state index in [1.807, 2.05) is 66.7 Å². The number of rotatable bonds is 2. The standard InChI is InChI=1S/C16H13NO/c18-17(15-8-2-1-3-9-15)16-11-10-13-6-4-5-7-14(13)12-16/h1-12,18H. The van der Waals surface area contributed by atoms with Crippen LogP contribution >= 0.6 is 0 Å². The normalized spacial score (nSPS) is 10.5. The van der Waals surface area contributed by atoms with Crippen molar-refractivity contribution in [3.8, 4) is 0 Å². The van der Waals surface area contributed by atoms with E-state index in [0.717, 1.165) is 16.8 Å². The van der Waals surface area contributed by atoms with E-state index in [2.05, 4.69) is 6.07 Å². The highest BCUT2D eigenvalue weighted by Crippen LogP contribution is 2.26. The van der Waals surface area contributed by atoms with Gasteiger partial charge in [0.1, 0.15) is 0 Å². The van der Waals surface area contributed by atoms with Crippen molar-refractivity contribution in [2.75, 3.05) is 5.06 Å². The van der Waals surface area contributed by atoms with Crippen LogP contribution in [0.25, 0.3) is 10.8 Å². The fourth-order valence-electron chi connectivity index (χ4n) is 2.03. The van der Waals surface area contributed by atoms with E-state index in [1.54, 1.807) is 0 Å². The van der Waals surface area contributed by atoms with Crippen LogP contribution in [0.2, 0.25) is 0 Å². The van der Waals surface area contributed by atoms with E-state index in [9.17, 15) is 5.21 Å². The van der Waals surface area contributed by atoms with Crippen molar-refractivity contribution in [1.82, 2.24) is 0 Å². The molecule has 0 atom stereocenters. The number of hydrogen-bond acceptors (Lipinski definition) is 2. The Balaban J connectivity index is 2.04. The summed E-state index contributed by atoms with van der Waals surface area (Å²) >= 11 is 0. The first-order chi connectivity index (χ1) is 8.84. The summed E-state index contributed by atoms with van der Waals surface area (Å²) in [5.41, 5.74) is 1.52. The van der Waals surface area contributed by atoms with E-state index < -0.39 is 0 Å². The lowest BCUT2D eigenvalue weighted by atomic mass is 10.1. The van der Waals surface area contributed by atoms with E-state index in [0.29, 0.717) is 0 Å². The van der Waals surface area contributed by atoms with Crippen LogP contribution in [0.3, 0.4) is 0 Å². The van der Waals surface area contributed by atoms with E-state index >= 15 is 0 Å². The lowest BCUT2D eigenvalue weighted by Crippen LogP contribution is -2.09. The van der Waals surface area contributed by atoms with Crippen LogP contribution < -0.4 is 5.06 Å². The van der Waals surface area contributed by atoms with Gasteiger partial charge < -0.3 is 0 Å². The number of hydrogen-bond donors (Lipinski definition) is 1. The molecule has 3 aromatic rings. The second-order valence-electron chi connectivity index (χ2n) is 4.18. The van der Waals surface area contributed by atoms with Crippen LogP contribution in [0, 0.1) is 0 Å². The molecular formula is C16H13NO. The molecule has 0 bridgehead atoms. The zero-order valence-corrected chi connectivity index (χ0v) is 9.82. The summed E-state index contributed by atoms with van der Waals surface area (Å²) in [7, 11) is 0. The average molecular weight is 235 g/mol. The lowest BCUT2D eigenvalue weighted by Gasteiger charge is -2.17. The Morgan fingerprint density at radius 3 is 2.06 bits per heavy atom. The van der Waals surface area contributed by atoms with Gasteiger partial charge in [-0.25, -0.2) is 5.06 Å². The summed E-state index contributed by atoms with van der Waals surface area (Å²) in [6.45, 7) is 0. The molecule has 1 N–H and O–H groups in total. The lowest BCUT2D eigenvalue weighted by molar-refractivity contribution is 0.301. The first kappa shape index (κ1) is 10.8. The molecule has 0 heterocycles. The van der Waals surface area contributed by atoms with Crippen LogP contribution in [0.1, 0.15) is 0 Å². The van der Waals surface area contributed by atoms with Crippen molar-refractivity contribution >= 4 is 22.1 Å². The summed E-state index contributed by atoms with van der Waals surface area (Å²) in [5.74, 6) is 0. The fourth-order valence-corrected chi connectivity index (χ4v) is 2.03. The molecule has 88 valence electrons. The van der Waals surface area contributed by atoms with Gasteiger partial charge in [-0.1, -0.05) is 48.5 Å². The molecule has 18 heavy (non-hydrogen) atoms. The maximum atomic E-state index is 10.2. The van der Waals surface area contributed by atoms with Crippen molar-refractivity contribution in [1.29, 1.82) is 0 Å². The Morgan fingerprint density at radius 2 is 1.28 bits per heavy atom. The minimum Gasteiger partial charge on any atom is -0.284 e. The van der Waals surface area contributed by atoms with Gasteiger partial charge >= 0.3 is 0 Å². The number of fused-ring (bicyclic) bond motifs is 1. The highest BCUT2D eigenvalue weighted by atomic mass is 16.5. The predicted molar refractivity (Wildman–Crippen MR) is 74.3 cm³/mol. The SMILES string of the molecule is ON(c1ccccc1)c1ccc2ccccc2c1. The maximum Gasteiger partial charge on any atom is 0.0699 e. The maximum absolute atomic E-state index is 10.2. The third-order valence-corrected chi connectivity index (χ3v) is 2.98. The third-order valence-electron chi connectivity index (χ3n) is 2.98. The number of para-hydroxylation sites is 1. The van der Waals surface area contributed by atoms with Gasteiger partial charge in [-0.05, 0) is 35.0 Å². The first-order valence-corrected chi connectivity index (χ1v) is 5.87. The number of anilines is 2. The third kappa shape index (κ3) is 1.94. The molecule has 2 nitrogen and oxygen atoms in total. The Bertz CT molecular complexity index is 664. The van der Waals surface area contributed by atoms with Gasteiger partial charge in [-0.15, -0.1) is 0 Å². The van der Waals surface area contributed by atoms with Crippen molar-refractivity contribution in [3.63, 3.8) is 0 Å². The summed E-state index contributed by atoms with van der Waals surface area (Å²) in [5, 5.41) is 13.7. The van der Waals surface area contributed by atoms with Crippen molar-refractivity contribution < 1.29 is 5.21 Å². The van der Waals surface area contributed by atoms with Gasteiger partial charge in [0.25, 0.3) is 0 Å². The largest absolute Gasteiger partial charge is 0.284 e. The number of benzene rings is 3. The molecule has 0 unspecified atom stereocenters. The molecule has 0 saturated carbocycles. The summed E-state index contributed by atoms with van der Waals surface area (Å²) in [4.78, 5) is 0. The topological polar surface area (TPSA) is 23.5 Å². The molecule has 0 aliphatic heterocycles. The summed E-state index contributed by atoms with van der Waals surface area (Å²) in [6, 6.07) is 23.5. The molecule has 0 spiro atoms. The minimum atomic E-state index is 0.757. The van der Waals surface area contributed by atoms with Crippen molar-refractivity contribution in [2.45, 2.75) is 0 Å². The van der Waals surface area contributed by atoms with Crippen LogP contribution in [0.15, 0.2) is 72.8 Å². The van der Waals surface area contributed by atoms with Gasteiger partial charge in [-0.3, -0.25) is 5.21 Å². The molecule has 2 heteroatoms. The molecule has 0 amide bonds. The smallest absolute Gasteiger partial charge is 0.0699 e.